The molecule has 0 bridgehead atoms. The van der Waals surface area contributed by atoms with Crippen LogP contribution >= 0.6 is 0 Å². The average molecular weight is 372 g/mol. The molecule has 1 aromatic heterocycles. The quantitative estimate of drug-likeness (QED) is 0.730. The molecule has 0 spiro atoms. The summed E-state index contributed by atoms with van der Waals surface area (Å²) in [5.74, 6) is -1.70. The molecule has 1 atom stereocenters. The highest BCUT2D eigenvalue weighted by molar-refractivity contribution is 5.98. The summed E-state index contributed by atoms with van der Waals surface area (Å²) < 4.78 is 6.45. The van der Waals surface area contributed by atoms with Crippen molar-refractivity contribution in [3.05, 3.63) is 64.1 Å². The van der Waals surface area contributed by atoms with Crippen LogP contribution in [-0.2, 0) is 16.1 Å². The Morgan fingerprint density at radius 1 is 1.15 bits per heavy atom. The highest BCUT2D eigenvalue weighted by Gasteiger charge is 2.27. The molecule has 0 aliphatic carbocycles. The highest BCUT2D eigenvalue weighted by Crippen LogP contribution is 2.19. The van der Waals surface area contributed by atoms with E-state index in [1.807, 2.05) is 6.92 Å². The third-order valence-corrected chi connectivity index (χ3v) is 3.54. The minimum absolute atomic E-state index is 0.114. The number of rotatable bonds is 6. The fraction of sp³-hybridized carbons (Fsp3) is 0.278. The number of nitrogens with one attached hydrogen (secondary N) is 2. The summed E-state index contributed by atoms with van der Waals surface area (Å²) in [7, 11) is 1.35. The molecule has 2 rings (SSSR count). The van der Waals surface area contributed by atoms with Gasteiger partial charge < -0.3 is 10.1 Å². The Labute approximate surface area is 155 Å². The van der Waals surface area contributed by atoms with Crippen molar-refractivity contribution in [2.24, 2.45) is 0 Å². The van der Waals surface area contributed by atoms with Gasteiger partial charge in [0.2, 0.25) is 6.10 Å². The number of ether oxygens (including phenoxy) is 1. The van der Waals surface area contributed by atoms with Crippen LogP contribution in [0.1, 0.15) is 35.5 Å². The first-order valence-corrected chi connectivity index (χ1v) is 8.33. The van der Waals surface area contributed by atoms with Gasteiger partial charge in [-0.3, -0.25) is 14.9 Å². The van der Waals surface area contributed by atoms with Gasteiger partial charge in [-0.25, -0.2) is 14.3 Å². The van der Waals surface area contributed by atoms with Gasteiger partial charge in [-0.05, 0) is 12.5 Å². The van der Waals surface area contributed by atoms with Crippen molar-refractivity contribution in [3.8, 4) is 0 Å². The molecule has 1 aromatic carbocycles. The Hall–Kier alpha value is -3.49. The number of carbonyl (C=O) groups is 3. The van der Waals surface area contributed by atoms with Crippen LogP contribution in [-0.4, -0.2) is 34.7 Å². The number of hydrogen-bond acceptors (Lipinski definition) is 6. The predicted octanol–water partition coefficient (Wildman–Crippen LogP) is 1.01. The Morgan fingerprint density at radius 3 is 2.48 bits per heavy atom. The summed E-state index contributed by atoms with van der Waals surface area (Å²) in [6.07, 6.45) is -0.698. The normalized spacial score (nSPS) is 11.3. The highest BCUT2D eigenvalue weighted by atomic mass is 16.5. The lowest BCUT2D eigenvalue weighted by Gasteiger charge is -2.17. The number of imide groups is 1. The molecular formula is C18H20N4O5. The molecule has 2 N–H and O–H groups in total. The van der Waals surface area contributed by atoms with Crippen LogP contribution < -0.4 is 16.2 Å². The van der Waals surface area contributed by atoms with Gasteiger partial charge in [-0.1, -0.05) is 37.3 Å². The van der Waals surface area contributed by atoms with E-state index in [-0.39, 0.29) is 11.3 Å². The van der Waals surface area contributed by atoms with Crippen LogP contribution in [0.3, 0.4) is 0 Å². The molecule has 3 amide bonds. The fourth-order valence-corrected chi connectivity index (χ4v) is 2.24. The minimum atomic E-state index is -1.36. The van der Waals surface area contributed by atoms with E-state index in [0.717, 1.165) is 4.68 Å². The third kappa shape index (κ3) is 5.24. The summed E-state index contributed by atoms with van der Waals surface area (Å²) in [5, 5.41) is 8.30. The molecule has 0 saturated carbocycles. The van der Waals surface area contributed by atoms with Gasteiger partial charge in [0.25, 0.3) is 11.5 Å². The van der Waals surface area contributed by atoms with E-state index in [1.54, 1.807) is 30.3 Å². The zero-order valence-corrected chi connectivity index (χ0v) is 15.0. The van der Waals surface area contributed by atoms with E-state index in [4.69, 9.17) is 4.74 Å². The Morgan fingerprint density at radius 2 is 1.85 bits per heavy atom. The van der Waals surface area contributed by atoms with Crippen LogP contribution in [0.2, 0.25) is 0 Å². The van der Waals surface area contributed by atoms with E-state index in [0.29, 0.717) is 18.5 Å². The summed E-state index contributed by atoms with van der Waals surface area (Å²) in [5.41, 5.74) is -0.0729. The lowest BCUT2D eigenvalue weighted by molar-refractivity contribution is -0.129. The van der Waals surface area contributed by atoms with E-state index < -0.39 is 24.0 Å². The lowest BCUT2D eigenvalue weighted by Crippen LogP contribution is -2.41. The third-order valence-electron chi connectivity index (χ3n) is 3.54. The molecule has 9 heteroatoms. The number of amides is 3. The average Bonchev–Trinajstić information content (AvgIpc) is 2.68. The van der Waals surface area contributed by atoms with Crippen LogP contribution in [0.25, 0.3) is 0 Å². The van der Waals surface area contributed by atoms with E-state index in [1.165, 1.54) is 19.2 Å². The number of aryl methyl sites for hydroxylation is 1. The van der Waals surface area contributed by atoms with Crippen LogP contribution in [0, 0.1) is 0 Å². The summed E-state index contributed by atoms with van der Waals surface area (Å²) in [4.78, 5) is 48.0. The van der Waals surface area contributed by atoms with Gasteiger partial charge >= 0.3 is 12.0 Å². The van der Waals surface area contributed by atoms with Crippen molar-refractivity contribution in [1.29, 1.82) is 0 Å². The Balaban J connectivity index is 2.28. The summed E-state index contributed by atoms with van der Waals surface area (Å²) in [6, 6.07) is 9.97. The predicted molar refractivity (Wildman–Crippen MR) is 96.0 cm³/mol. The molecule has 9 nitrogen and oxygen atoms in total. The van der Waals surface area contributed by atoms with Crippen molar-refractivity contribution in [3.63, 3.8) is 0 Å². The molecule has 142 valence electrons. The SMILES string of the molecule is CCCn1nc(C(=O)OC(C(=O)NC(=O)NC)c2ccccc2)ccc1=O. The van der Waals surface area contributed by atoms with Crippen LogP contribution in [0.5, 0.6) is 0 Å². The Kier molecular flexibility index (Phi) is 6.81. The van der Waals surface area contributed by atoms with Crippen molar-refractivity contribution in [2.45, 2.75) is 26.0 Å². The van der Waals surface area contributed by atoms with Crippen molar-refractivity contribution in [2.75, 3.05) is 7.05 Å². The summed E-state index contributed by atoms with van der Waals surface area (Å²) >= 11 is 0. The molecule has 27 heavy (non-hydrogen) atoms. The zero-order chi connectivity index (χ0) is 19.8. The largest absolute Gasteiger partial charge is 0.442 e. The maximum atomic E-state index is 12.5. The van der Waals surface area contributed by atoms with Gasteiger partial charge in [0.05, 0.1) is 0 Å². The van der Waals surface area contributed by atoms with E-state index >= 15 is 0 Å². The number of benzene rings is 1. The number of nitrogens with zero attached hydrogens (tertiary/aromatic N) is 2. The lowest BCUT2D eigenvalue weighted by atomic mass is 10.1. The molecule has 1 heterocycles. The number of esters is 1. The van der Waals surface area contributed by atoms with Crippen molar-refractivity contribution in [1.82, 2.24) is 20.4 Å². The van der Waals surface area contributed by atoms with E-state index in [2.05, 4.69) is 15.7 Å². The number of carbonyl (C=O) groups excluding carboxylic acids is 3. The second kappa shape index (κ2) is 9.27. The summed E-state index contributed by atoms with van der Waals surface area (Å²) in [6.45, 7) is 2.22. The first-order valence-electron chi connectivity index (χ1n) is 8.33. The van der Waals surface area contributed by atoms with Crippen molar-refractivity contribution >= 4 is 17.9 Å². The van der Waals surface area contributed by atoms with Gasteiger partial charge in [-0.2, -0.15) is 5.10 Å². The molecule has 0 aliphatic heterocycles. The van der Waals surface area contributed by atoms with Gasteiger partial charge in [0, 0.05) is 25.2 Å². The second-order valence-electron chi connectivity index (χ2n) is 5.54. The molecule has 1 unspecified atom stereocenters. The van der Waals surface area contributed by atoms with E-state index in [9.17, 15) is 19.2 Å². The first kappa shape index (κ1) is 19.8. The van der Waals surface area contributed by atoms with Gasteiger partial charge in [0.1, 0.15) is 0 Å². The molecule has 0 radical (unpaired) electrons. The molecular weight excluding hydrogens is 352 g/mol. The Bertz CT molecular complexity index is 879. The minimum Gasteiger partial charge on any atom is -0.442 e. The second-order valence-corrected chi connectivity index (χ2v) is 5.54. The molecule has 0 fully saturated rings. The van der Waals surface area contributed by atoms with Crippen LogP contribution in [0.15, 0.2) is 47.3 Å². The topological polar surface area (TPSA) is 119 Å². The number of aromatic nitrogens is 2. The number of urea groups is 1. The van der Waals surface area contributed by atoms with Gasteiger partial charge in [-0.15, -0.1) is 0 Å². The number of hydrogen-bond donors (Lipinski definition) is 2. The monoisotopic (exact) mass is 372 g/mol. The van der Waals surface area contributed by atoms with Crippen molar-refractivity contribution < 1.29 is 19.1 Å². The molecule has 0 aliphatic rings. The maximum absolute atomic E-state index is 12.5. The first-order chi connectivity index (χ1) is 13.0. The zero-order valence-electron chi connectivity index (χ0n) is 15.0. The molecule has 0 saturated heterocycles. The standard InChI is InChI=1S/C18H20N4O5/c1-3-11-22-14(23)10-9-13(21-22)17(25)27-15(12-7-5-4-6-8-12)16(24)20-18(26)19-2/h4-10,15H,3,11H2,1-2H3,(H2,19,20,24,26). The molecule has 2 aromatic rings. The van der Waals surface area contributed by atoms with Gasteiger partial charge in [0.15, 0.2) is 5.69 Å². The smallest absolute Gasteiger partial charge is 0.359 e. The maximum Gasteiger partial charge on any atom is 0.359 e. The fourth-order valence-electron chi connectivity index (χ4n) is 2.24. The van der Waals surface area contributed by atoms with Crippen LogP contribution in [0.4, 0.5) is 4.79 Å².